The van der Waals surface area contributed by atoms with E-state index in [1.165, 1.54) is 12.8 Å². The Labute approximate surface area is 120 Å². The largest absolute Gasteiger partial charge is 0.396 e. The lowest BCUT2D eigenvalue weighted by atomic mass is 9.98. The van der Waals surface area contributed by atoms with Crippen molar-refractivity contribution in [3.05, 3.63) is 0 Å². The van der Waals surface area contributed by atoms with E-state index in [1.807, 2.05) is 0 Å². The highest BCUT2D eigenvalue weighted by molar-refractivity contribution is 4.93. The number of hydrogen-bond donors (Lipinski definition) is 0. The zero-order valence-corrected chi connectivity index (χ0v) is 12.9. The van der Waals surface area contributed by atoms with Crippen molar-refractivity contribution in [2.75, 3.05) is 48.3 Å². The van der Waals surface area contributed by atoms with Crippen molar-refractivity contribution in [2.45, 2.75) is 43.5 Å². The number of methoxy groups -OCH3 is 4. The third-order valence-corrected chi connectivity index (χ3v) is 4.13. The van der Waals surface area contributed by atoms with Gasteiger partial charge in [0.1, 0.15) is 31.5 Å². The van der Waals surface area contributed by atoms with Gasteiger partial charge in [0, 0.05) is 41.3 Å². The molecule has 6 nitrogen and oxygen atoms in total. The van der Waals surface area contributed by atoms with Crippen LogP contribution >= 0.6 is 0 Å². The first-order valence-electron chi connectivity index (χ1n) is 7.15. The normalized spacial score (nSPS) is 39.3. The summed E-state index contributed by atoms with van der Waals surface area (Å²) in [6.45, 7) is 2.39. The monoisotopic (exact) mass is 291 g/mol. The predicted molar refractivity (Wildman–Crippen MR) is 73.0 cm³/mol. The molecule has 2 rings (SSSR count). The minimum atomic E-state index is -0.204. The lowest BCUT2D eigenvalue weighted by Crippen LogP contribution is -2.62. The Morgan fingerprint density at radius 2 is 1.50 bits per heavy atom. The minimum Gasteiger partial charge on any atom is -0.396 e. The van der Waals surface area contributed by atoms with E-state index in [-0.39, 0.29) is 30.7 Å². The van der Waals surface area contributed by atoms with Gasteiger partial charge in [-0.3, -0.25) is 0 Å². The Hall–Kier alpha value is -0.240. The van der Waals surface area contributed by atoms with Gasteiger partial charge in [-0.25, -0.2) is 0 Å². The van der Waals surface area contributed by atoms with Gasteiger partial charge < -0.3 is 28.1 Å². The van der Waals surface area contributed by atoms with E-state index in [1.54, 1.807) is 28.4 Å². The summed E-state index contributed by atoms with van der Waals surface area (Å²) in [6, 6.07) is 0. The summed E-state index contributed by atoms with van der Waals surface area (Å²) in [7, 11) is 6.70. The van der Waals surface area contributed by atoms with Gasteiger partial charge in [-0.2, -0.15) is 0 Å². The van der Waals surface area contributed by atoms with Gasteiger partial charge in [-0.15, -0.1) is 0 Å². The van der Waals surface area contributed by atoms with Crippen LogP contribution in [0.5, 0.6) is 0 Å². The fourth-order valence-corrected chi connectivity index (χ4v) is 3.16. The first-order valence-corrected chi connectivity index (χ1v) is 7.15. The third-order valence-electron chi connectivity index (χ3n) is 4.13. The van der Waals surface area contributed by atoms with Gasteiger partial charge in [0.15, 0.2) is 6.10 Å². The molecule has 0 amide bonds. The highest BCUT2D eigenvalue weighted by atomic mass is 16.8. The highest BCUT2D eigenvalue weighted by Crippen LogP contribution is 2.32. The van der Waals surface area contributed by atoms with Crippen molar-refractivity contribution in [2.24, 2.45) is 0 Å². The maximum Gasteiger partial charge on any atom is 0.296 e. The molecule has 0 N–H and O–H groups in total. The van der Waals surface area contributed by atoms with Crippen LogP contribution < -0.4 is 0 Å². The molecule has 0 spiro atoms. The van der Waals surface area contributed by atoms with Crippen LogP contribution in [0.15, 0.2) is 0 Å². The van der Waals surface area contributed by atoms with E-state index in [9.17, 15) is 0 Å². The Morgan fingerprint density at radius 1 is 0.900 bits per heavy atom. The van der Waals surface area contributed by atoms with Crippen LogP contribution in [0.1, 0.15) is 12.8 Å². The lowest BCUT2D eigenvalue weighted by molar-refractivity contribution is -0.373. The zero-order chi connectivity index (χ0) is 14.5. The summed E-state index contributed by atoms with van der Waals surface area (Å²) in [6.07, 6.45) is 1.41. The van der Waals surface area contributed by atoms with Crippen molar-refractivity contribution >= 4 is 0 Å². The van der Waals surface area contributed by atoms with Crippen molar-refractivity contribution < 1.29 is 28.1 Å². The average molecular weight is 291 g/mol. The Kier molecular flexibility index (Phi) is 6.20. The summed E-state index contributed by atoms with van der Waals surface area (Å²) in [5.41, 5.74) is 0. The number of ether oxygens (including phenoxy) is 5. The first kappa shape index (κ1) is 16.1. The van der Waals surface area contributed by atoms with Crippen LogP contribution in [0.4, 0.5) is 0 Å². The molecule has 0 aromatic heterocycles. The third kappa shape index (κ3) is 3.16. The highest BCUT2D eigenvalue weighted by Gasteiger charge is 2.53. The smallest absolute Gasteiger partial charge is 0.296 e. The van der Waals surface area contributed by atoms with E-state index in [0.717, 1.165) is 13.2 Å². The summed E-state index contributed by atoms with van der Waals surface area (Å²) >= 11 is 0. The molecule has 0 aliphatic carbocycles. The molecular formula is C14H27O6+. The SMILES string of the molecule is COC[C@H]1OC([O+]2CCCC2)[C@H](OC)[C@@H](OC)[C@@H]1OC. The molecule has 5 atom stereocenters. The topological polar surface area (TPSA) is 48.9 Å². The van der Waals surface area contributed by atoms with Crippen molar-refractivity contribution in [1.29, 1.82) is 0 Å². The molecule has 0 radical (unpaired) electrons. The first-order chi connectivity index (χ1) is 9.76. The van der Waals surface area contributed by atoms with Crippen molar-refractivity contribution in [1.82, 2.24) is 0 Å². The molecule has 2 heterocycles. The molecule has 20 heavy (non-hydrogen) atoms. The maximum absolute atomic E-state index is 6.18. The van der Waals surface area contributed by atoms with Crippen LogP contribution in [0.2, 0.25) is 0 Å². The molecule has 0 aromatic carbocycles. The van der Waals surface area contributed by atoms with Gasteiger partial charge in [-0.05, 0) is 0 Å². The average Bonchev–Trinajstić information content (AvgIpc) is 3.00. The molecule has 6 heteroatoms. The van der Waals surface area contributed by atoms with Crippen LogP contribution in [-0.2, 0) is 28.1 Å². The van der Waals surface area contributed by atoms with Gasteiger partial charge in [-0.1, -0.05) is 0 Å². The van der Waals surface area contributed by atoms with Crippen LogP contribution in [-0.4, -0.2) is 79.0 Å². The number of hydrogen-bond acceptors (Lipinski definition) is 5. The maximum atomic E-state index is 6.18. The van der Waals surface area contributed by atoms with Gasteiger partial charge in [0.2, 0.25) is 0 Å². The van der Waals surface area contributed by atoms with Gasteiger partial charge >= 0.3 is 0 Å². The van der Waals surface area contributed by atoms with Gasteiger partial charge in [0.25, 0.3) is 6.29 Å². The molecule has 0 bridgehead atoms. The molecule has 2 fully saturated rings. The van der Waals surface area contributed by atoms with Crippen molar-refractivity contribution in [3.8, 4) is 0 Å². The minimum absolute atomic E-state index is 0.167. The molecule has 0 aromatic rings. The molecule has 1 unspecified atom stereocenters. The second-order valence-corrected chi connectivity index (χ2v) is 5.25. The number of rotatable bonds is 6. The molecule has 2 saturated heterocycles. The molecule has 0 saturated carbocycles. The molecular weight excluding hydrogens is 264 g/mol. The van der Waals surface area contributed by atoms with Crippen LogP contribution in [0.3, 0.4) is 0 Å². The Balaban J connectivity index is 2.17. The second kappa shape index (κ2) is 7.68. The fourth-order valence-electron chi connectivity index (χ4n) is 3.16. The van der Waals surface area contributed by atoms with E-state index in [4.69, 9.17) is 23.7 Å². The van der Waals surface area contributed by atoms with Crippen LogP contribution in [0.25, 0.3) is 0 Å². The summed E-state index contributed by atoms with van der Waals surface area (Å²) < 4.78 is 31.5. The van der Waals surface area contributed by atoms with Gasteiger partial charge in [0.05, 0.1) is 6.61 Å². The van der Waals surface area contributed by atoms with E-state index < -0.39 is 0 Å². The van der Waals surface area contributed by atoms with E-state index in [2.05, 4.69) is 4.37 Å². The zero-order valence-electron chi connectivity index (χ0n) is 12.9. The van der Waals surface area contributed by atoms with E-state index >= 15 is 0 Å². The van der Waals surface area contributed by atoms with E-state index in [0.29, 0.717) is 6.61 Å². The Bertz CT molecular complexity index is 281. The molecule has 118 valence electrons. The standard InChI is InChI=1S/C14H27O6/c1-15-9-10-11(16-2)12(17-3)13(18-4)14(19-10)20-7-5-6-8-20/h10-14H,5-9H2,1-4H3/q+1/t10-,11-,12+,13-,14?/m1/s1. The lowest BCUT2D eigenvalue weighted by Gasteiger charge is -2.44. The predicted octanol–water partition coefficient (Wildman–Crippen LogP) is 0.749. The van der Waals surface area contributed by atoms with Crippen molar-refractivity contribution in [3.63, 3.8) is 0 Å². The van der Waals surface area contributed by atoms with Crippen LogP contribution in [0, 0.1) is 0 Å². The summed E-state index contributed by atoms with van der Waals surface area (Å²) in [5, 5.41) is 0. The molecule has 2 aliphatic rings. The Morgan fingerprint density at radius 3 is 2.00 bits per heavy atom. The summed E-state index contributed by atoms with van der Waals surface area (Å²) in [4.78, 5) is 0. The quantitative estimate of drug-likeness (QED) is 0.676. The fraction of sp³-hybridized carbons (Fsp3) is 1.00. The second-order valence-electron chi connectivity index (χ2n) is 5.25. The summed E-state index contributed by atoms with van der Waals surface area (Å²) in [5.74, 6) is 0. The molecule has 2 aliphatic heterocycles.